The van der Waals surface area contributed by atoms with Crippen molar-refractivity contribution in [2.24, 2.45) is 5.73 Å². The molecule has 2 aromatic rings. The number of aromatic nitrogens is 3. The Kier molecular flexibility index (Phi) is 1.36. The van der Waals surface area contributed by atoms with E-state index in [4.69, 9.17) is 5.73 Å². The van der Waals surface area contributed by atoms with Gasteiger partial charge in [0.15, 0.2) is 5.65 Å². The first-order valence-corrected chi connectivity index (χ1v) is 5.61. The minimum absolute atomic E-state index is 0.0670. The molecule has 2 aliphatic rings. The number of carbonyl (C=O) groups is 1. The van der Waals surface area contributed by atoms with Gasteiger partial charge in [0.25, 0.3) is 0 Å². The number of amides is 2. The average Bonchev–Trinajstić information content (AvgIpc) is 2.78. The highest BCUT2D eigenvalue weighted by Gasteiger charge is 2.55. The molecule has 17 heavy (non-hydrogen) atoms. The van der Waals surface area contributed by atoms with Crippen molar-refractivity contribution >= 4 is 17.4 Å². The van der Waals surface area contributed by atoms with Crippen molar-refractivity contribution in [3.8, 4) is 0 Å². The van der Waals surface area contributed by atoms with Gasteiger partial charge in [0.2, 0.25) is 0 Å². The maximum Gasteiger partial charge on any atom is 0.319 e. The second-order valence-corrected chi connectivity index (χ2v) is 4.80. The quantitative estimate of drug-likeness (QED) is 0.721. The van der Waals surface area contributed by atoms with Gasteiger partial charge in [0.1, 0.15) is 0 Å². The minimum atomic E-state index is -0.414. The third-order valence-corrected chi connectivity index (χ3v) is 3.77. The lowest BCUT2D eigenvalue weighted by Crippen LogP contribution is -2.35. The zero-order valence-corrected chi connectivity index (χ0v) is 9.13. The van der Waals surface area contributed by atoms with Crippen LogP contribution in [0.4, 0.5) is 10.5 Å². The van der Waals surface area contributed by atoms with E-state index in [1.165, 1.54) is 0 Å². The lowest BCUT2D eigenvalue weighted by Gasteiger charge is -2.13. The van der Waals surface area contributed by atoms with Crippen molar-refractivity contribution in [1.82, 2.24) is 14.6 Å². The van der Waals surface area contributed by atoms with Gasteiger partial charge < -0.3 is 5.73 Å². The Morgan fingerprint density at radius 3 is 3.00 bits per heavy atom. The lowest BCUT2D eigenvalue weighted by atomic mass is 10.1. The Morgan fingerprint density at radius 2 is 2.29 bits per heavy atom. The molecular weight excluding hydrogens is 218 g/mol. The minimum Gasteiger partial charge on any atom is -0.351 e. The summed E-state index contributed by atoms with van der Waals surface area (Å²) in [5.74, 6) is 0. The molecule has 86 valence electrons. The molecular formula is C11H11N5O. The zero-order valence-electron chi connectivity index (χ0n) is 9.13. The standard InChI is InChI=1S/C11H11N5O/c12-10(17)15-6-11(2-3-11)9-7(15)5-13-8-1-4-14-16(8)9/h1,4-5H,2-3,6H2,(H2,12,17). The smallest absolute Gasteiger partial charge is 0.319 e. The first kappa shape index (κ1) is 8.98. The van der Waals surface area contributed by atoms with Gasteiger partial charge in [-0.3, -0.25) is 4.90 Å². The number of nitrogens with zero attached hydrogens (tertiary/aromatic N) is 4. The van der Waals surface area contributed by atoms with Crippen molar-refractivity contribution in [3.05, 3.63) is 24.2 Å². The molecule has 3 heterocycles. The number of carbonyl (C=O) groups excluding carboxylic acids is 1. The zero-order chi connectivity index (χ0) is 11.6. The maximum atomic E-state index is 11.4. The van der Waals surface area contributed by atoms with Gasteiger partial charge in [-0.2, -0.15) is 5.10 Å². The summed E-state index contributed by atoms with van der Waals surface area (Å²) >= 11 is 0. The first-order valence-electron chi connectivity index (χ1n) is 5.61. The lowest BCUT2D eigenvalue weighted by molar-refractivity contribution is 0.254. The van der Waals surface area contributed by atoms with Crippen LogP contribution in [0.1, 0.15) is 18.5 Å². The molecule has 0 aromatic carbocycles. The van der Waals surface area contributed by atoms with Crippen LogP contribution in [0.2, 0.25) is 0 Å². The molecule has 0 unspecified atom stereocenters. The monoisotopic (exact) mass is 229 g/mol. The van der Waals surface area contributed by atoms with Crippen molar-refractivity contribution in [2.45, 2.75) is 18.3 Å². The van der Waals surface area contributed by atoms with Gasteiger partial charge in [-0.15, -0.1) is 0 Å². The molecule has 0 atom stereocenters. The molecule has 2 N–H and O–H groups in total. The summed E-state index contributed by atoms with van der Waals surface area (Å²) in [6.45, 7) is 0.665. The fourth-order valence-electron chi connectivity index (χ4n) is 2.76. The molecule has 2 aromatic heterocycles. The highest BCUT2D eigenvalue weighted by atomic mass is 16.2. The molecule has 6 heteroatoms. The van der Waals surface area contributed by atoms with Crippen LogP contribution in [0, 0.1) is 0 Å². The maximum absolute atomic E-state index is 11.4. The van der Waals surface area contributed by atoms with Crippen molar-refractivity contribution in [2.75, 3.05) is 11.4 Å². The summed E-state index contributed by atoms with van der Waals surface area (Å²) < 4.78 is 1.84. The number of primary amides is 1. The molecule has 6 nitrogen and oxygen atoms in total. The van der Waals surface area contributed by atoms with E-state index < -0.39 is 6.03 Å². The van der Waals surface area contributed by atoms with E-state index in [0.29, 0.717) is 6.54 Å². The van der Waals surface area contributed by atoms with E-state index >= 15 is 0 Å². The van der Waals surface area contributed by atoms with Crippen LogP contribution in [0.5, 0.6) is 0 Å². The Hall–Kier alpha value is -2.11. The third kappa shape index (κ3) is 0.974. The number of hydrogen-bond donors (Lipinski definition) is 1. The summed E-state index contributed by atoms with van der Waals surface area (Å²) in [7, 11) is 0. The van der Waals surface area contributed by atoms with Gasteiger partial charge >= 0.3 is 6.03 Å². The highest BCUT2D eigenvalue weighted by Crippen LogP contribution is 2.55. The molecule has 1 spiro atoms. The van der Waals surface area contributed by atoms with Crippen LogP contribution in [0.3, 0.4) is 0 Å². The van der Waals surface area contributed by atoms with Crippen LogP contribution in [0.15, 0.2) is 18.5 Å². The molecule has 0 saturated heterocycles. The second kappa shape index (κ2) is 2.58. The summed E-state index contributed by atoms with van der Waals surface area (Å²) in [6.07, 6.45) is 5.63. The van der Waals surface area contributed by atoms with Gasteiger partial charge in [-0.25, -0.2) is 14.3 Å². The van der Waals surface area contributed by atoms with Gasteiger partial charge in [-0.05, 0) is 12.8 Å². The van der Waals surface area contributed by atoms with Crippen LogP contribution in [-0.2, 0) is 5.41 Å². The van der Waals surface area contributed by atoms with E-state index in [0.717, 1.165) is 29.9 Å². The van der Waals surface area contributed by atoms with Crippen LogP contribution < -0.4 is 10.6 Å². The van der Waals surface area contributed by atoms with Crippen LogP contribution in [0.25, 0.3) is 5.65 Å². The predicted octanol–water partition coefficient (Wildman–Crippen LogP) is 0.660. The van der Waals surface area contributed by atoms with Gasteiger partial charge in [-0.1, -0.05) is 0 Å². The number of hydrogen-bond acceptors (Lipinski definition) is 3. The SMILES string of the molecule is NC(=O)N1CC2(CC2)c2c1cnc1ccnn21. The first-order chi connectivity index (χ1) is 8.21. The van der Waals surface area contributed by atoms with E-state index in [-0.39, 0.29) is 5.41 Å². The number of anilines is 1. The molecule has 1 aliphatic carbocycles. The topological polar surface area (TPSA) is 76.5 Å². The molecule has 0 bridgehead atoms. The Bertz CT molecular complexity index is 642. The third-order valence-electron chi connectivity index (χ3n) is 3.77. The van der Waals surface area contributed by atoms with E-state index in [1.54, 1.807) is 17.3 Å². The molecule has 1 fully saturated rings. The number of nitrogens with two attached hydrogens (primary N) is 1. The Balaban J connectivity index is 2.06. The highest BCUT2D eigenvalue weighted by molar-refractivity contribution is 5.94. The van der Waals surface area contributed by atoms with Crippen molar-refractivity contribution in [3.63, 3.8) is 0 Å². The summed E-state index contributed by atoms with van der Waals surface area (Å²) in [6, 6.07) is 1.45. The molecule has 1 aliphatic heterocycles. The van der Waals surface area contributed by atoms with Crippen molar-refractivity contribution in [1.29, 1.82) is 0 Å². The number of urea groups is 1. The Morgan fingerprint density at radius 1 is 1.47 bits per heavy atom. The summed E-state index contributed by atoms with van der Waals surface area (Å²) in [4.78, 5) is 17.3. The summed E-state index contributed by atoms with van der Waals surface area (Å²) in [5.41, 5.74) is 8.20. The number of fused-ring (bicyclic) bond motifs is 4. The molecule has 2 amide bonds. The molecule has 4 rings (SSSR count). The van der Waals surface area contributed by atoms with Crippen LogP contribution in [-0.4, -0.2) is 27.2 Å². The summed E-state index contributed by atoms with van der Waals surface area (Å²) in [5, 5.41) is 4.30. The van der Waals surface area contributed by atoms with Crippen molar-refractivity contribution < 1.29 is 4.79 Å². The fraction of sp³-hybridized carbons (Fsp3) is 0.364. The average molecular weight is 229 g/mol. The normalized spacial score (nSPS) is 19.9. The predicted molar refractivity (Wildman–Crippen MR) is 60.8 cm³/mol. The van der Waals surface area contributed by atoms with Gasteiger partial charge in [0, 0.05) is 18.0 Å². The van der Waals surface area contributed by atoms with E-state index in [1.807, 2.05) is 10.6 Å². The van der Waals surface area contributed by atoms with E-state index in [9.17, 15) is 4.79 Å². The van der Waals surface area contributed by atoms with Gasteiger partial charge in [0.05, 0.1) is 23.8 Å². The molecule has 1 saturated carbocycles. The molecule has 0 radical (unpaired) electrons. The van der Waals surface area contributed by atoms with Crippen LogP contribution >= 0.6 is 0 Å². The second-order valence-electron chi connectivity index (χ2n) is 4.80. The Labute approximate surface area is 97.0 Å². The largest absolute Gasteiger partial charge is 0.351 e. The van der Waals surface area contributed by atoms with E-state index in [2.05, 4.69) is 10.1 Å². The fourth-order valence-corrected chi connectivity index (χ4v) is 2.76. The number of rotatable bonds is 0.